The fourth-order valence-electron chi connectivity index (χ4n) is 1.68. The second kappa shape index (κ2) is 3.03. The highest BCUT2D eigenvalue weighted by Crippen LogP contribution is 2.30. The van der Waals surface area contributed by atoms with E-state index in [2.05, 4.69) is 19.6 Å². The van der Waals surface area contributed by atoms with E-state index in [-0.39, 0.29) is 11.5 Å². The number of fused-ring (bicyclic) bond motifs is 1. The number of rotatable bonds is 1. The Hall–Kier alpha value is -1.42. The van der Waals surface area contributed by atoms with Crippen molar-refractivity contribution in [2.75, 3.05) is 0 Å². The summed E-state index contributed by atoms with van der Waals surface area (Å²) < 4.78 is 5.33. The van der Waals surface area contributed by atoms with E-state index in [4.69, 9.17) is 4.42 Å². The van der Waals surface area contributed by atoms with Gasteiger partial charge in [-0.05, 0) is 11.3 Å². The van der Waals surface area contributed by atoms with Crippen molar-refractivity contribution < 1.29 is 14.6 Å². The van der Waals surface area contributed by atoms with Gasteiger partial charge in [0.1, 0.15) is 5.75 Å². The topological polar surface area (TPSA) is 53.6 Å². The number of benzene rings is 1. The first-order chi connectivity index (χ1) is 6.89. The molecule has 1 aromatic carbocycles. The van der Waals surface area contributed by atoms with Crippen LogP contribution in [0.5, 0.6) is 11.5 Å². The first kappa shape index (κ1) is 10.1. The lowest BCUT2D eigenvalue weighted by atomic mass is 10.2. The predicted octanol–water partition coefficient (Wildman–Crippen LogP) is 2.39. The van der Waals surface area contributed by atoms with Gasteiger partial charge >= 0.3 is 0 Å². The van der Waals surface area contributed by atoms with Gasteiger partial charge in [-0.3, -0.25) is 0 Å². The molecule has 0 unspecified atom stereocenters. The van der Waals surface area contributed by atoms with Crippen LogP contribution in [0, 0.1) is 0 Å². The summed E-state index contributed by atoms with van der Waals surface area (Å²) in [4.78, 5) is 0. The molecule has 2 aromatic rings. The number of phenols is 2. The summed E-state index contributed by atoms with van der Waals surface area (Å²) in [5.74, 6) is 0.0652. The van der Waals surface area contributed by atoms with Gasteiger partial charge in [0.2, 0.25) is 0 Å². The Morgan fingerprint density at radius 1 is 1.13 bits per heavy atom. The van der Waals surface area contributed by atoms with Crippen LogP contribution in [0.4, 0.5) is 0 Å². The molecule has 0 aliphatic heterocycles. The number of hydrogen-bond acceptors (Lipinski definition) is 3. The third-order valence-corrected chi connectivity index (χ3v) is 4.45. The maximum absolute atomic E-state index is 9.59. The minimum Gasteiger partial charge on any atom is -0.508 e. The molecule has 2 N–H and O–H groups in total. The minimum absolute atomic E-state index is 0.00509. The third kappa shape index (κ3) is 1.61. The lowest BCUT2D eigenvalue weighted by Crippen LogP contribution is -2.36. The molecule has 1 aromatic heterocycles. The maximum Gasteiger partial charge on any atom is 0.175 e. The van der Waals surface area contributed by atoms with Crippen molar-refractivity contribution in [3.8, 4) is 11.5 Å². The van der Waals surface area contributed by atoms with Crippen LogP contribution >= 0.6 is 0 Å². The van der Waals surface area contributed by atoms with Gasteiger partial charge in [0, 0.05) is 11.5 Å². The zero-order valence-corrected chi connectivity index (χ0v) is 10.0. The van der Waals surface area contributed by atoms with Gasteiger partial charge in [-0.25, -0.2) is 0 Å². The first-order valence-corrected chi connectivity index (χ1v) is 8.33. The Bertz CT molecular complexity index is 508. The zero-order valence-electron chi connectivity index (χ0n) is 9.03. The van der Waals surface area contributed by atoms with E-state index < -0.39 is 8.07 Å². The van der Waals surface area contributed by atoms with E-state index in [1.54, 1.807) is 12.3 Å². The van der Waals surface area contributed by atoms with E-state index in [1.807, 2.05) is 0 Å². The third-order valence-electron chi connectivity index (χ3n) is 2.45. The first-order valence-electron chi connectivity index (χ1n) is 4.83. The molecule has 0 aliphatic carbocycles. The van der Waals surface area contributed by atoms with Crippen molar-refractivity contribution >= 4 is 24.2 Å². The molecular weight excluding hydrogens is 208 g/mol. The smallest absolute Gasteiger partial charge is 0.175 e. The monoisotopic (exact) mass is 222 g/mol. The van der Waals surface area contributed by atoms with E-state index in [0.717, 1.165) is 10.6 Å². The Morgan fingerprint density at radius 3 is 2.40 bits per heavy atom. The molecule has 0 fully saturated rings. The Balaban J connectivity index is 2.80. The highest BCUT2D eigenvalue weighted by atomic mass is 28.3. The van der Waals surface area contributed by atoms with E-state index >= 15 is 0 Å². The van der Waals surface area contributed by atoms with Crippen molar-refractivity contribution in [3.63, 3.8) is 0 Å². The zero-order chi connectivity index (χ0) is 11.2. The largest absolute Gasteiger partial charge is 0.508 e. The molecule has 0 saturated heterocycles. The summed E-state index contributed by atoms with van der Waals surface area (Å²) in [7, 11) is -1.51. The van der Waals surface area contributed by atoms with E-state index in [9.17, 15) is 10.2 Å². The Labute approximate surface area is 89.0 Å². The van der Waals surface area contributed by atoms with Crippen LogP contribution in [-0.4, -0.2) is 18.3 Å². The van der Waals surface area contributed by atoms with Gasteiger partial charge in [0.05, 0.1) is 14.3 Å². The molecule has 3 nitrogen and oxygen atoms in total. The molecule has 0 saturated carbocycles. The quantitative estimate of drug-likeness (QED) is 0.728. The normalized spacial score (nSPS) is 12.2. The predicted molar refractivity (Wildman–Crippen MR) is 62.5 cm³/mol. The molecular formula is C11H14O3Si. The molecule has 0 amide bonds. The molecule has 2 rings (SSSR count). The molecule has 0 aliphatic rings. The lowest BCUT2D eigenvalue weighted by molar-refractivity contribution is 0.446. The average molecular weight is 222 g/mol. The number of phenolic OH excluding ortho intramolecular Hbond substituents is 2. The van der Waals surface area contributed by atoms with Crippen LogP contribution in [0.3, 0.4) is 0 Å². The standard InChI is InChI=1S/C11H14O3Si/c1-15(2,3)10-6-14-11-8(10)4-7(12)5-9(11)13/h4-6,12-13H,1-3H3. The lowest BCUT2D eigenvalue weighted by Gasteiger charge is -2.13. The van der Waals surface area contributed by atoms with Gasteiger partial charge < -0.3 is 14.6 Å². The molecule has 1 heterocycles. The second-order valence-electron chi connectivity index (χ2n) is 4.74. The highest BCUT2D eigenvalue weighted by Gasteiger charge is 2.23. The Morgan fingerprint density at radius 2 is 1.80 bits per heavy atom. The molecule has 0 spiro atoms. The number of aromatic hydroxyl groups is 2. The van der Waals surface area contributed by atoms with Gasteiger partial charge in [-0.2, -0.15) is 0 Å². The summed E-state index contributed by atoms with van der Waals surface area (Å²) in [5.41, 5.74) is 0.463. The van der Waals surface area contributed by atoms with Crippen LogP contribution < -0.4 is 5.19 Å². The minimum atomic E-state index is -1.51. The van der Waals surface area contributed by atoms with Crippen molar-refractivity contribution in [3.05, 3.63) is 18.4 Å². The van der Waals surface area contributed by atoms with Crippen molar-refractivity contribution in [1.29, 1.82) is 0 Å². The summed E-state index contributed by atoms with van der Waals surface area (Å²) in [5, 5.41) is 21.0. The summed E-state index contributed by atoms with van der Waals surface area (Å²) >= 11 is 0. The van der Waals surface area contributed by atoms with Crippen LogP contribution in [-0.2, 0) is 0 Å². The van der Waals surface area contributed by atoms with Gasteiger partial charge in [0.25, 0.3) is 0 Å². The van der Waals surface area contributed by atoms with Gasteiger partial charge in [-0.15, -0.1) is 0 Å². The van der Waals surface area contributed by atoms with Crippen LogP contribution in [0.1, 0.15) is 0 Å². The highest BCUT2D eigenvalue weighted by molar-refractivity contribution is 6.90. The molecule has 0 atom stereocenters. The van der Waals surface area contributed by atoms with Crippen molar-refractivity contribution in [1.82, 2.24) is 0 Å². The van der Waals surface area contributed by atoms with Crippen LogP contribution in [0.15, 0.2) is 22.8 Å². The number of hydrogen-bond donors (Lipinski definition) is 2. The Kier molecular flexibility index (Phi) is 2.04. The van der Waals surface area contributed by atoms with E-state index in [0.29, 0.717) is 5.58 Å². The summed E-state index contributed by atoms with van der Waals surface area (Å²) in [6, 6.07) is 2.94. The average Bonchev–Trinajstić information content (AvgIpc) is 2.45. The molecule has 4 heteroatoms. The van der Waals surface area contributed by atoms with Crippen LogP contribution in [0.2, 0.25) is 19.6 Å². The van der Waals surface area contributed by atoms with Gasteiger partial charge in [0.15, 0.2) is 11.3 Å². The van der Waals surface area contributed by atoms with Crippen molar-refractivity contribution in [2.24, 2.45) is 0 Å². The molecule has 0 radical (unpaired) electrons. The van der Waals surface area contributed by atoms with Crippen molar-refractivity contribution in [2.45, 2.75) is 19.6 Å². The molecule has 0 bridgehead atoms. The molecule has 15 heavy (non-hydrogen) atoms. The van der Waals surface area contributed by atoms with E-state index in [1.165, 1.54) is 6.07 Å². The molecule has 80 valence electrons. The summed E-state index contributed by atoms with van der Waals surface area (Å²) in [6.45, 7) is 6.58. The fourth-order valence-corrected chi connectivity index (χ4v) is 3.09. The van der Waals surface area contributed by atoms with Gasteiger partial charge in [-0.1, -0.05) is 19.6 Å². The summed E-state index contributed by atoms with van der Waals surface area (Å²) in [6.07, 6.45) is 1.69. The fraction of sp³-hybridized carbons (Fsp3) is 0.273. The maximum atomic E-state index is 9.59. The van der Waals surface area contributed by atoms with Crippen LogP contribution in [0.25, 0.3) is 11.0 Å². The SMILES string of the molecule is C[Si](C)(C)c1coc2c(O)cc(O)cc12. The second-order valence-corrected chi connectivity index (χ2v) is 9.78. The number of furan rings is 1.